The van der Waals surface area contributed by atoms with Crippen LogP contribution in [-0.4, -0.2) is 36.4 Å². The molecule has 4 aromatic carbocycles. The molecule has 0 saturated heterocycles. The first-order chi connectivity index (χ1) is 18.0. The Morgan fingerprint density at radius 1 is 0.447 bits per heavy atom. The van der Waals surface area contributed by atoms with Gasteiger partial charge in [0, 0.05) is 0 Å². The van der Waals surface area contributed by atoms with Gasteiger partial charge in [-0.2, -0.15) is 0 Å². The fraction of sp³-hybridized carbons (Fsp3) is 0.194. The van der Waals surface area contributed by atoms with Crippen LogP contribution in [-0.2, 0) is 0 Å². The Balaban J connectivity index is 2.29. The van der Waals surface area contributed by atoms with E-state index in [4.69, 9.17) is 8.82 Å². The van der Waals surface area contributed by atoms with Gasteiger partial charge in [-0.15, -0.1) is 0 Å². The summed E-state index contributed by atoms with van der Waals surface area (Å²) >= 11 is 2.41. The minimum absolute atomic E-state index is 1.33. The van der Waals surface area contributed by atoms with Crippen molar-refractivity contribution >= 4 is 71.7 Å². The van der Waals surface area contributed by atoms with Gasteiger partial charge >= 0.3 is 241 Å². The fourth-order valence-corrected chi connectivity index (χ4v) is 27.6. The van der Waals surface area contributed by atoms with Crippen LogP contribution >= 0.6 is 14.1 Å². The minimum atomic E-state index is -2.37. The Bertz CT molecular complexity index is 1290. The van der Waals surface area contributed by atoms with E-state index in [1.807, 2.05) is 0 Å². The molecule has 0 aliphatic rings. The normalized spacial score (nSPS) is 12.6. The standard InChI is InChI=1S/C31H38GeN2P2Si2/c1-37(2,3)33-35(27-19-11-7-12-20-27,28-21-13-8-14-22-28)31(32)36(34-38(4,5)6,29-23-15-9-16-24-29)30-25-17-10-18-26-30/h7-26H,1-6H3. The summed E-state index contributed by atoms with van der Waals surface area (Å²) in [7, 11) is -8.58. The van der Waals surface area contributed by atoms with Crippen molar-refractivity contribution in [2.24, 2.45) is 8.82 Å². The first kappa shape index (κ1) is 29.2. The van der Waals surface area contributed by atoms with E-state index in [0.717, 1.165) is 0 Å². The average Bonchev–Trinajstić information content (AvgIpc) is 2.91. The molecule has 0 unspecified atom stereocenters. The molecule has 0 N–H and O–H groups in total. The Kier molecular flexibility index (Phi) is 9.01. The quantitative estimate of drug-likeness (QED) is 0.142. The molecule has 38 heavy (non-hydrogen) atoms. The Morgan fingerprint density at radius 2 is 0.658 bits per heavy atom. The third-order valence-corrected chi connectivity index (χ3v) is 24.5. The number of hydrogen-bond donors (Lipinski definition) is 0. The zero-order valence-corrected chi connectivity index (χ0v) is 29.2. The summed E-state index contributed by atoms with van der Waals surface area (Å²) in [6, 6.07) is 44.4. The maximum absolute atomic E-state index is 6.02. The molecule has 4 aromatic rings. The van der Waals surface area contributed by atoms with Gasteiger partial charge in [-0.25, -0.2) is 0 Å². The molecule has 0 amide bonds. The number of hydrogen-bond acceptors (Lipinski definition) is 2. The van der Waals surface area contributed by atoms with Crippen LogP contribution in [0.15, 0.2) is 130 Å². The van der Waals surface area contributed by atoms with Gasteiger partial charge in [0.1, 0.15) is 0 Å². The summed E-state index contributed by atoms with van der Waals surface area (Å²) in [5.74, 6) is 0. The van der Waals surface area contributed by atoms with Crippen LogP contribution in [0.4, 0.5) is 0 Å². The molecule has 0 heterocycles. The Morgan fingerprint density at radius 3 is 0.842 bits per heavy atom. The second kappa shape index (κ2) is 11.7. The van der Waals surface area contributed by atoms with Gasteiger partial charge in [-0.3, -0.25) is 0 Å². The summed E-state index contributed by atoms with van der Waals surface area (Å²) in [4.78, 5) is 0. The fourth-order valence-electron chi connectivity index (χ4n) is 4.80. The monoisotopic (exact) mass is 630 g/mol. The molecular formula is C31H38GeN2P2Si2. The van der Waals surface area contributed by atoms with Crippen molar-refractivity contribution in [1.82, 2.24) is 0 Å². The van der Waals surface area contributed by atoms with E-state index in [-0.39, 0.29) is 0 Å². The third-order valence-electron chi connectivity index (χ3n) is 6.03. The second-order valence-corrected chi connectivity index (χ2v) is 30.4. The molecule has 7 heteroatoms. The number of benzene rings is 4. The van der Waals surface area contributed by atoms with Gasteiger partial charge < -0.3 is 0 Å². The van der Waals surface area contributed by atoms with Crippen molar-refractivity contribution in [3.63, 3.8) is 0 Å². The van der Waals surface area contributed by atoms with E-state index >= 15 is 0 Å². The van der Waals surface area contributed by atoms with Gasteiger partial charge in [0.05, 0.1) is 0 Å². The van der Waals surface area contributed by atoms with E-state index in [9.17, 15) is 0 Å². The summed E-state index contributed by atoms with van der Waals surface area (Å²) < 4.78 is 13.5. The molecule has 4 rings (SSSR count). The Hall–Kier alpha value is -1.81. The summed E-state index contributed by atoms with van der Waals surface area (Å²) in [5, 5.41) is 5.31. The third kappa shape index (κ3) is 6.16. The molecule has 0 aliphatic heterocycles. The van der Waals surface area contributed by atoms with Crippen LogP contribution < -0.4 is 21.2 Å². The molecule has 0 spiro atoms. The Labute approximate surface area is 240 Å². The molecule has 0 fully saturated rings. The predicted octanol–water partition coefficient (Wildman–Crippen LogP) is 7.62. The van der Waals surface area contributed by atoms with Crippen LogP contribution in [0.25, 0.3) is 0 Å². The van der Waals surface area contributed by atoms with E-state index in [1.54, 1.807) is 0 Å². The topological polar surface area (TPSA) is 24.7 Å². The van der Waals surface area contributed by atoms with Crippen LogP contribution in [0.2, 0.25) is 39.3 Å². The first-order valence-corrected chi connectivity index (χ1v) is 24.5. The molecule has 0 aromatic heterocycles. The van der Waals surface area contributed by atoms with Crippen LogP contribution in [0.5, 0.6) is 0 Å². The summed E-state index contributed by atoms with van der Waals surface area (Å²) in [6.45, 7) is 14.3. The van der Waals surface area contributed by atoms with Gasteiger partial charge in [0.2, 0.25) is 0 Å². The van der Waals surface area contributed by atoms with Crippen LogP contribution in [0.1, 0.15) is 0 Å². The van der Waals surface area contributed by atoms with Crippen molar-refractivity contribution in [2.45, 2.75) is 39.3 Å². The number of nitrogens with zero attached hydrogens (tertiary/aromatic N) is 2. The zero-order valence-electron chi connectivity index (χ0n) is 23.3. The van der Waals surface area contributed by atoms with Crippen molar-refractivity contribution in [3.05, 3.63) is 121 Å². The van der Waals surface area contributed by atoms with E-state index in [1.165, 1.54) is 25.1 Å². The van der Waals surface area contributed by atoms with Crippen molar-refractivity contribution in [2.75, 3.05) is 0 Å². The zero-order chi connectivity index (χ0) is 27.4. The van der Waals surface area contributed by atoms with Gasteiger partial charge in [0.15, 0.2) is 0 Å². The molecule has 0 bridgehead atoms. The molecule has 0 aliphatic carbocycles. The van der Waals surface area contributed by atoms with E-state index in [0.29, 0.717) is 0 Å². The van der Waals surface area contributed by atoms with Gasteiger partial charge in [-0.05, 0) is 0 Å². The number of rotatable bonds is 8. The first-order valence-electron chi connectivity index (χ1n) is 13.1. The predicted molar refractivity (Wildman–Crippen MR) is 180 cm³/mol. The van der Waals surface area contributed by atoms with E-state index in [2.05, 4.69) is 177 Å². The molecular weight excluding hydrogens is 591 g/mol. The van der Waals surface area contributed by atoms with Crippen molar-refractivity contribution in [1.29, 1.82) is 0 Å². The molecule has 0 saturated carbocycles. The van der Waals surface area contributed by atoms with Crippen molar-refractivity contribution in [3.8, 4) is 0 Å². The maximum atomic E-state index is 6.02. The molecule has 2 radical (unpaired) electrons. The molecule has 2 nitrogen and oxygen atoms in total. The molecule has 0 atom stereocenters. The second-order valence-electron chi connectivity index (χ2n) is 11.5. The molecule has 194 valence electrons. The van der Waals surface area contributed by atoms with Crippen LogP contribution in [0, 0.1) is 0 Å². The van der Waals surface area contributed by atoms with Gasteiger partial charge in [-0.1, -0.05) is 0 Å². The van der Waals surface area contributed by atoms with Gasteiger partial charge in [0.25, 0.3) is 0 Å². The SMILES string of the molecule is C[Si](C)(C)N=P([C](=[Ge])P(=N[Si](C)(C)C)(c1ccccc1)c1ccccc1)(c1ccccc1)c1ccccc1. The van der Waals surface area contributed by atoms with Crippen molar-refractivity contribution < 1.29 is 0 Å². The average molecular weight is 629 g/mol. The van der Waals surface area contributed by atoms with E-state index < -0.39 is 30.6 Å². The van der Waals surface area contributed by atoms with Crippen LogP contribution in [0.3, 0.4) is 0 Å². The summed E-state index contributed by atoms with van der Waals surface area (Å²) in [6.07, 6.45) is 0. The summed E-state index contributed by atoms with van der Waals surface area (Å²) in [5.41, 5.74) is 0.